The molecule has 5 heterocycles. The molecule has 0 radical (unpaired) electrons. The van der Waals surface area contributed by atoms with Gasteiger partial charge in [-0.2, -0.15) is 0 Å². The summed E-state index contributed by atoms with van der Waals surface area (Å²) in [7, 11) is 2.18. The van der Waals surface area contributed by atoms with E-state index in [0.717, 1.165) is 48.8 Å². The number of hydrogen-bond donors (Lipinski definition) is 1. The number of hydrogen-bond acceptors (Lipinski definition) is 8. The Hall–Kier alpha value is -3.17. The number of aromatic nitrogens is 4. The lowest BCUT2D eigenvalue weighted by Gasteiger charge is -2.38. The fourth-order valence-electron chi connectivity index (χ4n) is 6.27. The number of nitrogens with zero attached hydrogens (tertiary/aromatic N) is 6. The molecule has 0 saturated carbocycles. The smallest absolute Gasteiger partial charge is 0.160 e. The van der Waals surface area contributed by atoms with Crippen LogP contribution in [0.2, 0.25) is 5.02 Å². The third kappa shape index (κ3) is 5.54. The molecule has 6 rings (SSSR count). The number of benzene rings is 1. The molecule has 0 bridgehead atoms. The van der Waals surface area contributed by atoms with Crippen molar-refractivity contribution < 1.29 is 4.74 Å². The normalized spacial score (nSPS) is 21.4. The Kier molecular flexibility index (Phi) is 7.21. The molecule has 0 amide bonds. The zero-order valence-corrected chi connectivity index (χ0v) is 24.5. The molecule has 1 fully saturated rings. The fraction of sp³-hybridized carbons (Fsp3) is 0.419. The SMILES string of the molecule is CC1CN(Cc2nc(Nc3ccc4c(c3)CN(C)CC4(C)C)c3ncc(-c4ncccc4Cl)cc3n2)CC(C)O1. The lowest BCUT2D eigenvalue weighted by Crippen LogP contribution is -2.45. The van der Waals surface area contributed by atoms with Crippen LogP contribution < -0.4 is 5.32 Å². The van der Waals surface area contributed by atoms with Gasteiger partial charge in [0, 0.05) is 55.2 Å². The van der Waals surface area contributed by atoms with Crippen molar-refractivity contribution in [2.24, 2.45) is 0 Å². The van der Waals surface area contributed by atoms with Gasteiger partial charge in [0.25, 0.3) is 0 Å². The number of halogens is 1. The van der Waals surface area contributed by atoms with E-state index >= 15 is 0 Å². The first-order valence-corrected chi connectivity index (χ1v) is 14.3. The van der Waals surface area contributed by atoms with Gasteiger partial charge in [0.05, 0.1) is 35.0 Å². The van der Waals surface area contributed by atoms with Crippen LogP contribution in [0.3, 0.4) is 0 Å². The molecule has 2 aliphatic rings. The van der Waals surface area contributed by atoms with Gasteiger partial charge in [-0.1, -0.05) is 31.5 Å². The molecule has 0 aliphatic carbocycles. The van der Waals surface area contributed by atoms with Gasteiger partial charge in [-0.25, -0.2) is 15.0 Å². The van der Waals surface area contributed by atoms with Crippen molar-refractivity contribution in [3.63, 3.8) is 0 Å². The largest absolute Gasteiger partial charge is 0.373 e. The van der Waals surface area contributed by atoms with Crippen molar-refractivity contribution in [2.45, 2.75) is 58.4 Å². The standard InChI is InChI=1S/C31H36ClN7O/c1-19-14-39(15-20(2)40-19)17-27-36-26-12-21(28-25(32)7-6-10-33-28)13-34-29(26)30(37-27)35-23-8-9-24-22(11-23)16-38(5)18-31(24,3)4/h6-13,19-20H,14-18H2,1-5H3,(H,35,36,37). The Bertz CT molecular complexity index is 1550. The Balaban J connectivity index is 1.40. The Labute approximate surface area is 240 Å². The van der Waals surface area contributed by atoms with Gasteiger partial charge < -0.3 is 15.0 Å². The average Bonchev–Trinajstić information content (AvgIpc) is 2.87. The number of likely N-dealkylation sites (N-methyl/N-ethyl adjacent to an activating group) is 1. The van der Waals surface area contributed by atoms with E-state index in [-0.39, 0.29) is 17.6 Å². The molecule has 1 aromatic carbocycles. The quantitative estimate of drug-likeness (QED) is 0.329. The third-order valence-electron chi connectivity index (χ3n) is 7.68. The summed E-state index contributed by atoms with van der Waals surface area (Å²) in [6, 6.07) is 12.3. The van der Waals surface area contributed by atoms with Gasteiger partial charge in [-0.05, 0) is 62.4 Å². The van der Waals surface area contributed by atoms with E-state index in [0.29, 0.717) is 28.6 Å². The van der Waals surface area contributed by atoms with Gasteiger partial charge in [0.1, 0.15) is 11.3 Å². The molecular formula is C31H36ClN7O. The molecule has 0 spiro atoms. The molecule has 40 heavy (non-hydrogen) atoms. The van der Waals surface area contributed by atoms with E-state index in [1.165, 1.54) is 11.1 Å². The minimum Gasteiger partial charge on any atom is -0.373 e. The second kappa shape index (κ2) is 10.7. The van der Waals surface area contributed by atoms with Crippen LogP contribution in [-0.4, -0.2) is 68.6 Å². The van der Waals surface area contributed by atoms with Gasteiger partial charge >= 0.3 is 0 Å². The number of rotatable bonds is 5. The first-order valence-electron chi connectivity index (χ1n) is 13.9. The number of nitrogens with one attached hydrogen (secondary N) is 1. The highest BCUT2D eigenvalue weighted by Crippen LogP contribution is 2.35. The summed E-state index contributed by atoms with van der Waals surface area (Å²) >= 11 is 6.47. The van der Waals surface area contributed by atoms with Gasteiger partial charge in [0.2, 0.25) is 0 Å². The Morgan fingerprint density at radius 1 is 1.07 bits per heavy atom. The summed E-state index contributed by atoms with van der Waals surface area (Å²) in [6.45, 7) is 13.1. The number of pyridine rings is 2. The van der Waals surface area contributed by atoms with Crippen molar-refractivity contribution >= 4 is 34.1 Å². The van der Waals surface area contributed by atoms with Crippen LogP contribution >= 0.6 is 11.6 Å². The first-order chi connectivity index (χ1) is 19.1. The summed E-state index contributed by atoms with van der Waals surface area (Å²) in [5.41, 5.74) is 6.79. The van der Waals surface area contributed by atoms with Gasteiger partial charge in [0.15, 0.2) is 5.82 Å². The summed E-state index contributed by atoms with van der Waals surface area (Å²) < 4.78 is 5.94. The number of ether oxygens (including phenoxy) is 1. The van der Waals surface area contributed by atoms with Crippen LogP contribution in [0.15, 0.2) is 48.8 Å². The Morgan fingerprint density at radius 3 is 2.65 bits per heavy atom. The maximum atomic E-state index is 6.47. The third-order valence-corrected chi connectivity index (χ3v) is 7.98. The lowest BCUT2D eigenvalue weighted by atomic mass is 9.78. The molecule has 2 aliphatic heterocycles. The van der Waals surface area contributed by atoms with Crippen molar-refractivity contribution in [3.05, 3.63) is 70.8 Å². The lowest BCUT2D eigenvalue weighted by molar-refractivity contribution is -0.0710. The summed E-state index contributed by atoms with van der Waals surface area (Å²) in [6.07, 6.45) is 3.86. The molecule has 8 nitrogen and oxygen atoms in total. The monoisotopic (exact) mass is 557 g/mol. The molecule has 2 unspecified atom stereocenters. The zero-order chi connectivity index (χ0) is 28.0. The van der Waals surface area contributed by atoms with Crippen LogP contribution in [0.25, 0.3) is 22.3 Å². The Morgan fingerprint density at radius 2 is 1.88 bits per heavy atom. The highest BCUT2D eigenvalue weighted by atomic mass is 35.5. The maximum absolute atomic E-state index is 6.47. The van der Waals surface area contributed by atoms with Crippen molar-refractivity contribution in [1.29, 1.82) is 0 Å². The van der Waals surface area contributed by atoms with Gasteiger partial charge in [-0.3, -0.25) is 9.88 Å². The molecule has 4 aromatic rings. The van der Waals surface area contributed by atoms with E-state index in [1.807, 2.05) is 18.2 Å². The predicted octanol–water partition coefficient (Wildman–Crippen LogP) is 5.82. The maximum Gasteiger partial charge on any atom is 0.160 e. The fourth-order valence-corrected chi connectivity index (χ4v) is 6.50. The predicted molar refractivity (Wildman–Crippen MR) is 160 cm³/mol. The summed E-state index contributed by atoms with van der Waals surface area (Å²) in [5.74, 6) is 1.43. The van der Waals surface area contributed by atoms with Crippen LogP contribution in [0.1, 0.15) is 44.6 Å². The van der Waals surface area contributed by atoms with Crippen LogP contribution in [-0.2, 0) is 23.2 Å². The van der Waals surface area contributed by atoms with Gasteiger partial charge in [-0.15, -0.1) is 0 Å². The molecule has 2 atom stereocenters. The average molecular weight is 558 g/mol. The number of morpholine rings is 1. The molecule has 3 aromatic heterocycles. The van der Waals surface area contributed by atoms with Crippen LogP contribution in [0, 0.1) is 0 Å². The van der Waals surface area contributed by atoms with E-state index in [1.54, 1.807) is 12.4 Å². The number of anilines is 2. The summed E-state index contributed by atoms with van der Waals surface area (Å²) in [4.78, 5) is 24.0. The van der Waals surface area contributed by atoms with Crippen molar-refractivity contribution in [1.82, 2.24) is 29.7 Å². The van der Waals surface area contributed by atoms with E-state index < -0.39 is 0 Å². The molecule has 1 N–H and O–H groups in total. The molecular weight excluding hydrogens is 522 g/mol. The second-order valence-electron chi connectivity index (χ2n) is 11.9. The highest BCUT2D eigenvalue weighted by Gasteiger charge is 2.30. The minimum atomic E-state index is 0.104. The highest BCUT2D eigenvalue weighted by molar-refractivity contribution is 6.33. The number of fused-ring (bicyclic) bond motifs is 2. The zero-order valence-electron chi connectivity index (χ0n) is 23.8. The molecule has 9 heteroatoms. The van der Waals surface area contributed by atoms with Crippen molar-refractivity contribution in [2.75, 3.05) is 32.0 Å². The van der Waals surface area contributed by atoms with Crippen LogP contribution in [0.5, 0.6) is 0 Å². The second-order valence-corrected chi connectivity index (χ2v) is 12.3. The van der Waals surface area contributed by atoms with E-state index in [4.69, 9.17) is 31.3 Å². The van der Waals surface area contributed by atoms with E-state index in [9.17, 15) is 0 Å². The topological polar surface area (TPSA) is 79.3 Å². The molecule has 1 saturated heterocycles. The molecule has 208 valence electrons. The first kappa shape index (κ1) is 27.0. The minimum absolute atomic E-state index is 0.104. The van der Waals surface area contributed by atoms with E-state index in [2.05, 4.69) is 73.0 Å². The van der Waals surface area contributed by atoms with Crippen LogP contribution in [0.4, 0.5) is 11.5 Å². The van der Waals surface area contributed by atoms with Crippen molar-refractivity contribution in [3.8, 4) is 11.3 Å². The summed E-state index contributed by atoms with van der Waals surface area (Å²) in [5, 5.41) is 4.17.